The maximum Gasteiger partial charge on any atom is 0.573 e. The lowest BCUT2D eigenvalue weighted by Crippen LogP contribution is -2.18. The number of nitrogens with zero attached hydrogens (tertiary/aromatic N) is 1. The molecule has 0 spiro atoms. The number of carboxylic acid groups (broad SMARTS) is 1. The number of pyridine rings is 1. The van der Waals surface area contributed by atoms with E-state index in [2.05, 4.69) is 15.0 Å². The van der Waals surface area contributed by atoms with Crippen LogP contribution in [0.15, 0.2) is 60.8 Å². The minimum atomic E-state index is -4.94. The molecule has 3 rings (SSSR count). The molecule has 0 amide bonds. The molecule has 6 nitrogen and oxygen atoms in total. The Balaban J connectivity index is 2.16. The Morgan fingerprint density at radius 1 is 1.13 bits per heavy atom. The maximum absolute atomic E-state index is 13.0. The molecule has 0 aliphatic rings. The number of nitrogens with one attached hydrogen (secondary N) is 1. The maximum atomic E-state index is 13.0. The van der Waals surface area contributed by atoms with E-state index in [1.807, 2.05) is 6.92 Å². The van der Waals surface area contributed by atoms with Crippen molar-refractivity contribution in [1.82, 2.24) is 4.98 Å². The van der Waals surface area contributed by atoms with Gasteiger partial charge in [-0.3, -0.25) is 0 Å². The Kier molecular flexibility index (Phi) is 6.10. The number of hydrogen-bond donors (Lipinski definition) is 2. The quantitative estimate of drug-likeness (QED) is 0.528. The molecule has 9 heteroatoms. The standard InChI is InChI=1S/C21H17F3N2O4/c1-2-29-14-7-3-6-13(12-14)15-8-4-10-17(30-21(22,23)24)18(15)26-19-16(20(27)28)9-5-11-25-19/h3-12H,2H2,1H3,(H,25,26)(H,27,28). The summed E-state index contributed by atoms with van der Waals surface area (Å²) in [7, 11) is 0. The van der Waals surface area contributed by atoms with Gasteiger partial charge in [-0.1, -0.05) is 24.3 Å². The molecule has 3 aromatic rings. The molecular weight excluding hydrogens is 401 g/mol. The molecule has 0 unspecified atom stereocenters. The van der Waals surface area contributed by atoms with E-state index >= 15 is 0 Å². The van der Waals surface area contributed by atoms with Crippen LogP contribution in [0.5, 0.6) is 11.5 Å². The van der Waals surface area contributed by atoms with Crippen molar-refractivity contribution in [2.75, 3.05) is 11.9 Å². The van der Waals surface area contributed by atoms with E-state index in [4.69, 9.17) is 4.74 Å². The summed E-state index contributed by atoms with van der Waals surface area (Å²) in [5, 5.41) is 12.1. The summed E-state index contributed by atoms with van der Waals surface area (Å²) in [6, 6.07) is 13.6. The molecule has 1 heterocycles. The molecule has 0 aliphatic heterocycles. The van der Waals surface area contributed by atoms with Crippen LogP contribution in [0.1, 0.15) is 17.3 Å². The third-order valence-corrected chi connectivity index (χ3v) is 3.99. The normalized spacial score (nSPS) is 11.1. The predicted molar refractivity (Wildman–Crippen MR) is 104 cm³/mol. The van der Waals surface area contributed by atoms with Gasteiger partial charge in [-0.05, 0) is 42.8 Å². The average Bonchev–Trinajstić information content (AvgIpc) is 2.69. The smallest absolute Gasteiger partial charge is 0.494 e. The Labute approximate surface area is 169 Å². The van der Waals surface area contributed by atoms with Gasteiger partial charge in [0, 0.05) is 11.8 Å². The zero-order valence-electron chi connectivity index (χ0n) is 15.7. The van der Waals surface area contributed by atoms with E-state index in [0.717, 1.165) is 6.07 Å². The summed E-state index contributed by atoms with van der Waals surface area (Å²) >= 11 is 0. The van der Waals surface area contributed by atoms with E-state index in [-0.39, 0.29) is 17.1 Å². The molecule has 0 fully saturated rings. The highest BCUT2D eigenvalue weighted by atomic mass is 19.4. The monoisotopic (exact) mass is 418 g/mol. The number of alkyl halides is 3. The fourth-order valence-corrected chi connectivity index (χ4v) is 2.83. The minimum absolute atomic E-state index is 0.0790. The second-order valence-corrected chi connectivity index (χ2v) is 6.02. The van der Waals surface area contributed by atoms with Crippen LogP contribution in [0.3, 0.4) is 0 Å². The molecule has 0 saturated heterocycles. The van der Waals surface area contributed by atoms with Crippen molar-refractivity contribution in [3.63, 3.8) is 0 Å². The average molecular weight is 418 g/mol. The van der Waals surface area contributed by atoms with Gasteiger partial charge < -0.3 is 19.9 Å². The molecule has 0 saturated carbocycles. The van der Waals surface area contributed by atoms with E-state index in [1.165, 1.54) is 24.4 Å². The molecule has 0 bridgehead atoms. The molecule has 0 atom stereocenters. The third kappa shape index (κ3) is 4.99. The molecular formula is C21H17F3N2O4. The Morgan fingerprint density at radius 3 is 2.60 bits per heavy atom. The SMILES string of the molecule is CCOc1cccc(-c2cccc(OC(F)(F)F)c2Nc2ncccc2C(=O)O)c1. The van der Waals surface area contributed by atoms with E-state index < -0.39 is 18.1 Å². The molecule has 2 N–H and O–H groups in total. The van der Waals surface area contributed by atoms with Gasteiger partial charge in [-0.15, -0.1) is 13.2 Å². The second kappa shape index (κ2) is 8.73. The van der Waals surface area contributed by atoms with E-state index in [9.17, 15) is 23.1 Å². The highest BCUT2D eigenvalue weighted by molar-refractivity contribution is 5.95. The zero-order valence-corrected chi connectivity index (χ0v) is 15.7. The molecule has 156 valence electrons. The third-order valence-electron chi connectivity index (χ3n) is 3.99. The van der Waals surface area contributed by atoms with Crippen molar-refractivity contribution in [3.8, 4) is 22.6 Å². The van der Waals surface area contributed by atoms with E-state index in [1.54, 1.807) is 30.3 Å². The van der Waals surface area contributed by atoms with Gasteiger partial charge in [0.05, 0.1) is 12.3 Å². The molecule has 2 aromatic carbocycles. The Hall–Kier alpha value is -3.75. The second-order valence-electron chi connectivity index (χ2n) is 6.02. The van der Waals surface area contributed by atoms with Gasteiger partial charge in [-0.25, -0.2) is 9.78 Å². The summed E-state index contributed by atoms with van der Waals surface area (Å²) in [4.78, 5) is 15.5. The lowest BCUT2D eigenvalue weighted by molar-refractivity contribution is -0.274. The molecule has 0 aliphatic carbocycles. The van der Waals surface area contributed by atoms with Crippen LogP contribution in [0.25, 0.3) is 11.1 Å². The number of aromatic carboxylic acids is 1. The predicted octanol–water partition coefficient (Wildman–Crippen LogP) is 5.49. The number of benzene rings is 2. The number of rotatable bonds is 7. The van der Waals surface area contributed by atoms with Crippen LogP contribution in [-0.2, 0) is 0 Å². The van der Waals surface area contributed by atoms with Gasteiger partial charge >= 0.3 is 12.3 Å². The fourth-order valence-electron chi connectivity index (χ4n) is 2.83. The lowest BCUT2D eigenvalue weighted by atomic mass is 10.0. The topological polar surface area (TPSA) is 80.7 Å². The highest BCUT2D eigenvalue weighted by Crippen LogP contribution is 2.41. The van der Waals surface area contributed by atoms with Gasteiger partial charge in [-0.2, -0.15) is 0 Å². The summed E-state index contributed by atoms with van der Waals surface area (Å²) in [6.45, 7) is 2.23. The first-order chi connectivity index (χ1) is 14.3. The van der Waals surface area contributed by atoms with Crippen LogP contribution in [0.4, 0.5) is 24.7 Å². The van der Waals surface area contributed by atoms with Gasteiger partial charge in [0.1, 0.15) is 17.1 Å². The number of aromatic nitrogens is 1. The van der Waals surface area contributed by atoms with Crippen LogP contribution in [0.2, 0.25) is 0 Å². The first-order valence-electron chi connectivity index (χ1n) is 8.86. The molecule has 30 heavy (non-hydrogen) atoms. The number of ether oxygens (including phenoxy) is 2. The van der Waals surface area contributed by atoms with Gasteiger partial charge in [0.25, 0.3) is 0 Å². The number of carbonyl (C=O) groups is 1. The number of anilines is 2. The van der Waals surface area contributed by atoms with Crippen molar-refractivity contribution in [2.45, 2.75) is 13.3 Å². The van der Waals surface area contributed by atoms with Crippen molar-refractivity contribution in [3.05, 3.63) is 66.4 Å². The largest absolute Gasteiger partial charge is 0.573 e. The van der Waals surface area contributed by atoms with Crippen molar-refractivity contribution >= 4 is 17.5 Å². The van der Waals surface area contributed by atoms with Crippen LogP contribution in [-0.4, -0.2) is 29.0 Å². The fraction of sp³-hybridized carbons (Fsp3) is 0.143. The van der Waals surface area contributed by atoms with Gasteiger partial charge in [0.2, 0.25) is 0 Å². The van der Waals surface area contributed by atoms with Crippen molar-refractivity contribution in [2.24, 2.45) is 0 Å². The highest BCUT2D eigenvalue weighted by Gasteiger charge is 2.33. The van der Waals surface area contributed by atoms with Crippen molar-refractivity contribution in [1.29, 1.82) is 0 Å². The van der Waals surface area contributed by atoms with Crippen LogP contribution < -0.4 is 14.8 Å². The Morgan fingerprint density at radius 2 is 1.90 bits per heavy atom. The van der Waals surface area contributed by atoms with Crippen molar-refractivity contribution < 1.29 is 32.5 Å². The summed E-state index contributed by atoms with van der Waals surface area (Å²) in [5.41, 5.74) is 0.613. The van der Waals surface area contributed by atoms with Crippen LogP contribution >= 0.6 is 0 Å². The number of carboxylic acids is 1. The van der Waals surface area contributed by atoms with Gasteiger partial charge in [0.15, 0.2) is 5.75 Å². The van der Waals surface area contributed by atoms with Crippen LogP contribution in [0, 0.1) is 0 Å². The zero-order chi connectivity index (χ0) is 21.7. The first-order valence-corrected chi connectivity index (χ1v) is 8.86. The number of para-hydroxylation sites is 1. The minimum Gasteiger partial charge on any atom is -0.494 e. The summed E-state index contributed by atoms with van der Waals surface area (Å²) in [5.74, 6) is -1.39. The summed E-state index contributed by atoms with van der Waals surface area (Å²) < 4.78 is 48.6. The Bertz CT molecular complexity index is 1050. The van der Waals surface area contributed by atoms with E-state index in [0.29, 0.717) is 23.5 Å². The summed E-state index contributed by atoms with van der Waals surface area (Å²) in [6.07, 6.45) is -3.61. The first kappa shape index (κ1) is 21.0. The molecule has 0 radical (unpaired) electrons. The number of hydrogen-bond acceptors (Lipinski definition) is 5. The lowest BCUT2D eigenvalue weighted by Gasteiger charge is -2.19. The number of halogens is 3. The molecule has 1 aromatic heterocycles.